The highest BCUT2D eigenvalue weighted by Gasteiger charge is 2.20. The van der Waals surface area contributed by atoms with Crippen LogP contribution in [-0.2, 0) is 9.53 Å². The molecule has 3 nitrogen and oxygen atoms in total. The van der Waals surface area contributed by atoms with Crippen LogP contribution in [0.15, 0.2) is 36.9 Å². The van der Waals surface area contributed by atoms with Gasteiger partial charge in [-0.05, 0) is 18.6 Å². The van der Waals surface area contributed by atoms with Gasteiger partial charge in [0.2, 0.25) is 0 Å². The zero-order chi connectivity index (χ0) is 12.1. The van der Waals surface area contributed by atoms with E-state index in [2.05, 4.69) is 6.58 Å². The number of benzene rings is 1. The van der Waals surface area contributed by atoms with Gasteiger partial charge in [-0.1, -0.05) is 36.4 Å². The molecule has 0 aliphatic rings. The van der Waals surface area contributed by atoms with Crippen molar-refractivity contribution in [3.8, 4) is 0 Å². The maximum atomic E-state index is 10.8. The van der Waals surface area contributed by atoms with Gasteiger partial charge in [-0.25, -0.2) is 0 Å². The van der Waals surface area contributed by atoms with E-state index in [1.807, 2.05) is 19.1 Å². The summed E-state index contributed by atoms with van der Waals surface area (Å²) in [4.78, 5) is 10.8. The van der Waals surface area contributed by atoms with Gasteiger partial charge in [-0.15, -0.1) is 0 Å². The summed E-state index contributed by atoms with van der Waals surface area (Å²) < 4.78 is 4.94. The lowest BCUT2D eigenvalue weighted by Crippen LogP contribution is -2.22. The van der Waals surface area contributed by atoms with Crippen LogP contribution >= 0.6 is 0 Å². The number of ether oxygens (including phenoxy) is 1. The Morgan fingerprint density at radius 3 is 2.44 bits per heavy atom. The Hall–Kier alpha value is -1.61. The van der Waals surface area contributed by atoms with Crippen molar-refractivity contribution < 1.29 is 14.6 Å². The highest BCUT2D eigenvalue weighted by atomic mass is 16.6. The molecule has 86 valence electrons. The summed E-state index contributed by atoms with van der Waals surface area (Å²) in [7, 11) is 0. The predicted molar refractivity (Wildman–Crippen MR) is 61.9 cm³/mol. The number of carbonyl (C=O) groups excluding carboxylic acids is 1. The van der Waals surface area contributed by atoms with E-state index >= 15 is 0 Å². The first kappa shape index (κ1) is 12.5. The van der Waals surface area contributed by atoms with E-state index in [0.717, 1.165) is 5.56 Å². The molecule has 0 aliphatic carbocycles. The molecule has 2 unspecified atom stereocenters. The number of aliphatic hydroxyl groups is 1. The molecule has 0 fully saturated rings. The zero-order valence-electron chi connectivity index (χ0n) is 9.51. The third-order valence-electron chi connectivity index (χ3n) is 2.26. The van der Waals surface area contributed by atoms with E-state index in [1.54, 1.807) is 12.1 Å². The summed E-state index contributed by atoms with van der Waals surface area (Å²) >= 11 is 0. The van der Waals surface area contributed by atoms with E-state index in [0.29, 0.717) is 5.56 Å². The highest BCUT2D eigenvalue weighted by molar-refractivity contribution is 5.66. The third-order valence-corrected chi connectivity index (χ3v) is 2.26. The van der Waals surface area contributed by atoms with E-state index in [-0.39, 0.29) is 0 Å². The Morgan fingerprint density at radius 1 is 1.44 bits per heavy atom. The highest BCUT2D eigenvalue weighted by Crippen LogP contribution is 2.20. The van der Waals surface area contributed by atoms with Gasteiger partial charge in [0, 0.05) is 6.92 Å². The summed E-state index contributed by atoms with van der Waals surface area (Å²) in [5.41, 5.74) is 1.82. The van der Waals surface area contributed by atoms with Crippen molar-refractivity contribution in [1.82, 2.24) is 0 Å². The van der Waals surface area contributed by atoms with Crippen LogP contribution in [0.2, 0.25) is 0 Å². The molecule has 0 radical (unpaired) electrons. The minimum Gasteiger partial charge on any atom is -0.455 e. The van der Waals surface area contributed by atoms with Crippen molar-refractivity contribution >= 4 is 5.97 Å². The van der Waals surface area contributed by atoms with Gasteiger partial charge in [0.1, 0.15) is 12.2 Å². The molecule has 16 heavy (non-hydrogen) atoms. The van der Waals surface area contributed by atoms with Crippen molar-refractivity contribution in [1.29, 1.82) is 0 Å². The molecule has 1 N–H and O–H groups in total. The second-order valence-electron chi connectivity index (χ2n) is 3.67. The summed E-state index contributed by atoms with van der Waals surface area (Å²) in [6, 6.07) is 7.40. The Bertz CT molecular complexity index is 367. The third kappa shape index (κ3) is 3.21. The normalized spacial score (nSPS) is 13.9. The number of carbonyl (C=O) groups is 1. The SMILES string of the molecule is C=CC(OC(C)=O)C(O)c1ccc(C)cc1. The zero-order valence-corrected chi connectivity index (χ0v) is 9.51. The summed E-state index contributed by atoms with van der Waals surface area (Å²) in [5.74, 6) is -0.434. The number of rotatable bonds is 4. The molecule has 0 aliphatic heterocycles. The fourth-order valence-corrected chi connectivity index (χ4v) is 1.39. The largest absolute Gasteiger partial charge is 0.455 e. The van der Waals surface area contributed by atoms with Gasteiger partial charge in [0.05, 0.1) is 0 Å². The monoisotopic (exact) mass is 220 g/mol. The van der Waals surface area contributed by atoms with Gasteiger partial charge >= 0.3 is 5.97 Å². The molecule has 0 saturated heterocycles. The summed E-state index contributed by atoms with van der Waals surface area (Å²) in [6.45, 7) is 6.81. The number of hydrogen-bond acceptors (Lipinski definition) is 3. The van der Waals surface area contributed by atoms with Crippen LogP contribution in [0.4, 0.5) is 0 Å². The number of aliphatic hydroxyl groups excluding tert-OH is 1. The topological polar surface area (TPSA) is 46.5 Å². The molecule has 0 spiro atoms. The molecule has 0 amide bonds. The van der Waals surface area contributed by atoms with Gasteiger partial charge in [0.15, 0.2) is 0 Å². The first-order valence-corrected chi connectivity index (χ1v) is 5.09. The van der Waals surface area contributed by atoms with Gasteiger partial charge < -0.3 is 9.84 Å². The van der Waals surface area contributed by atoms with Gasteiger partial charge in [-0.3, -0.25) is 4.79 Å². The molecule has 0 saturated carbocycles. The quantitative estimate of drug-likeness (QED) is 0.624. The fourth-order valence-electron chi connectivity index (χ4n) is 1.39. The summed E-state index contributed by atoms with van der Waals surface area (Å²) in [5, 5.41) is 9.97. The maximum absolute atomic E-state index is 10.8. The van der Waals surface area contributed by atoms with E-state index in [9.17, 15) is 9.90 Å². The minimum absolute atomic E-state index is 0.434. The van der Waals surface area contributed by atoms with E-state index < -0.39 is 18.2 Å². The van der Waals surface area contributed by atoms with Crippen LogP contribution in [0.1, 0.15) is 24.2 Å². The first-order chi connectivity index (χ1) is 7.54. The van der Waals surface area contributed by atoms with Crippen molar-refractivity contribution in [2.75, 3.05) is 0 Å². The number of aryl methyl sites for hydroxylation is 1. The predicted octanol–water partition coefficient (Wildman–Crippen LogP) is 2.15. The minimum atomic E-state index is -0.873. The van der Waals surface area contributed by atoms with Crippen molar-refractivity contribution in [3.63, 3.8) is 0 Å². The average molecular weight is 220 g/mol. The van der Waals surface area contributed by atoms with Crippen LogP contribution in [0.3, 0.4) is 0 Å². The van der Waals surface area contributed by atoms with Crippen LogP contribution < -0.4 is 0 Å². The number of hydrogen-bond donors (Lipinski definition) is 1. The second kappa shape index (κ2) is 5.47. The molecular weight excluding hydrogens is 204 g/mol. The Balaban J connectivity index is 2.82. The summed E-state index contributed by atoms with van der Waals surface area (Å²) in [6.07, 6.45) is -0.159. The second-order valence-corrected chi connectivity index (χ2v) is 3.67. The Labute approximate surface area is 95.4 Å². The lowest BCUT2D eigenvalue weighted by atomic mass is 10.0. The Morgan fingerprint density at radius 2 is 2.00 bits per heavy atom. The molecule has 1 aromatic carbocycles. The molecule has 2 atom stereocenters. The fraction of sp³-hybridized carbons (Fsp3) is 0.308. The van der Waals surface area contributed by atoms with Crippen LogP contribution in [0, 0.1) is 6.92 Å². The Kier molecular flexibility index (Phi) is 4.26. The van der Waals surface area contributed by atoms with Crippen molar-refractivity contribution in [2.45, 2.75) is 26.1 Å². The first-order valence-electron chi connectivity index (χ1n) is 5.09. The van der Waals surface area contributed by atoms with Gasteiger partial charge in [0.25, 0.3) is 0 Å². The lowest BCUT2D eigenvalue weighted by molar-refractivity contribution is -0.149. The molecule has 1 rings (SSSR count). The number of esters is 1. The van der Waals surface area contributed by atoms with Gasteiger partial charge in [-0.2, -0.15) is 0 Å². The average Bonchev–Trinajstić information content (AvgIpc) is 2.25. The standard InChI is InChI=1S/C13H16O3/c1-4-12(16-10(3)14)13(15)11-7-5-9(2)6-8-11/h4-8,12-13,15H,1H2,2-3H3. The van der Waals surface area contributed by atoms with E-state index in [4.69, 9.17) is 4.74 Å². The molecule has 0 heterocycles. The van der Waals surface area contributed by atoms with Crippen LogP contribution in [-0.4, -0.2) is 17.2 Å². The van der Waals surface area contributed by atoms with Crippen LogP contribution in [0.25, 0.3) is 0 Å². The molecule has 0 bridgehead atoms. The molecular formula is C13H16O3. The molecule has 3 heteroatoms. The molecule has 1 aromatic rings. The van der Waals surface area contributed by atoms with Crippen LogP contribution in [0.5, 0.6) is 0 Å². The van der Waals surface area contributed by atoms with E-state index in [1.165, 1.54) is 13.0 Å². The van der Waals surface area contributed by atoms with Crippen molar-refractivity contribution in [2.24, 2.45) is 0 Å². The smallest absolute Gasteiger partial charge is 0.303 e. The maximum Gasteiger partial charge on any atom is 0.303 e. The molecule has 0 aromatic heterocycles. The van der Waals surface area contributed by atoms with Crippen molar-refractivity contribution in [3.05, 3.63) is 48.0 Å². The lowest BCUT2D eigenvalue weighted by Gasteiger charge is -2.19.